The van der Waals surface area contributed by atoms with Gasteiger partial charge in [-0.3, -0.25) is 9.69 Å². The summed E-state index contributed by atoms with van der Waals surface area (Å²) >= 11 is 0. The fourth-order valence-electron chi connectivity index (χ4n) is 3.97. The van der Waals surface area contributed by atoms with Crippen molar-refractivity contribution in [3.05, 3.63) is 0 Å². The van der Waals surface area contributed by atoms with Gasteiger partial charge in [-0.2, -0.15) is 0 Å². The molecule has 1 spiro atoms. The van der Waals surface area contributed by atoms with Crippen molar-refractivity contribution < 1.29 is 19.0 Å². The van der Waals surface area contributed by atoms with Gasteiger partial charge in [-0.1, -0.05) is 0 Å². The number of hydrogen-bond acceptors (Lipinski definition) is 5. The lowest BCUT2D eigenvalue weighted by atomic mass is 9.87. The third kappa shape index (κ3) is 3.41. The van der Waals surface area contributed by atoms with Crippen LogP contribution in [0, 0.1) is 5.92 Å². The minimum Gasteiger partial charge on any atom is -0.466 e. The van der Waals surface area contributed by atoms with E-state index in [1.807, 2.05) is 6.92 Å². The zero-order valence-electron chi connectivity index (χ0n) is 13.0. The molecule has 5 heteroatoms. The zero-order valence-corrected chi connectivity index (χ0v) is 13.0. The Balaban J connectivity index is 1.59. The second kappa shape index (κ2) is 6.63. The number of esters is 1. The van der Waals surface area contributed by atoms with E-state index in [1.54, 1.807) is 0 Å². The predicted octanol–water partition coefficient (Wildman–Crippen LogP) is 1.60. The summed E-state index contributed by atoms with van der Waals surface area (Å²) in [6.45, 7) is 6.66. The summed E-state index contributed by atoms with van der Waals surface area (Å²) < 4.78 is 16.8. The lowest BCUT2D eigenvalue weighted by Crippen LogP contribution is -2.52. The first kappa shape index (κ1) is 15.3. The van der Waals surface area contributed by atoms with E-state index in [-0.39, 0.29) is 17.5 Å². The van der Waals surface area contributed by atoms with Crippen LogP contribution < -0.4 is 0 Å². The van der Waals surface area contributed by atoms with E-state index in [2.05, 4.69) is 4.90 Å². The Labute approximate surface area is 126 Å². The monoisotopic (exact) mass is 297 g/mol. The molecule has 0 radical (unpaired) electrons. The molecule has 3 fully saturated rings. The Morgan fingerprint density at radius 2 is 2.29 bits per heavy atom. The number of ether oxygens (including phenoxy) is 3. The van der Waals surface area contributed by atoms with Gasteiger partial charge in [0.2, 0.25) is 0 Å². The maximum Gasteiger partial charge on any atom is 0.310 e. The minimum atomic E-state index is -0.0558. The number of carbonyl (C=O) groups excluding carboxylic acids is 1. The van der Waals surface area contributed by atoms with Crippen molar-refractivity contribution in [2.24, 2.45) is 5.92 Å². The van der Waals surface area contributed by atoms with Crippen molar-refractivity contribution in [2.45, 2.75) is 50.7 Å². The van der Waals surface area contributed by atoms with E-state index in [1.165, 1.54) is 0 Å². The molecule has 0 aromatic carbocycles. The van der Waals surface area contributed by atoms with Crippen molar-refractivity contribution in [1.29, 1.82) is 0 Å². The van der Waals surface area contributed by atoms with Crippen LogP contribution in [0.4, 0.5) is 0 Å². The van der Waals surface area contributed by atoms with E-state index in [4.69, 9.17) is 14.2 Å². The first-order valence-electron chi connectivity index (χ1n) is 8.35. The maximum absolute atomic E-state index is 12.0. The third-order valence-corrected chi connectivity index (χ3v) is 5.12. The Bertz CT molecular complexity index is 367. The van der Waals surface area contributed by atoms with Gasteiger partial charge < -0.3 is 14.2 Å². The fraction of sp³-hybridized carbons (Fsp3) is 0.938. The van der Waals surface area contributed by atoms with E-state index >= 15 is 0 Å². The summed E-state index contributed by atoms with van der Waals surface area (Å²) in [5.74, 6) is 0.0329. The molecule has 3 aliphatic rings. The van der Waals surface area contributed by atoms with Crippen LogP contribution in [0.3, 0.4) is 0 Å². The summed E-state index contributed by atoms with van der Waals surface area (Å²) in [4.78, 5) is 14.5. The highest BCUT2D eigenvalue weighted by Gasteiger charge is 2.43. The smallest absolute Gasteiger partial charge is 0.310 e. The Kier molecular flexibility index (Phi) is 4.82. The Hall–Kier alpha value is -0.650. The van der Waals surface area contributed by atoms with E-state index in [9.17, 15) is 4.79 Å². The summed E-state index contributed by atoms with van der Waals surface area (Å²) in [6, 6.07) is 0.526. The van der Waals surface area contributed by atoms with Crippen LogP contribution in [-0.2, 0) is 19.0 Å². The molecular formula is C16H27NO4. The van der Waals surface area contributed by atoms with Crippen LogP contribution >= 0.6 is 0 Å². The molecule has 3 heterocycles. The van der Waals surface area contributed by atoms with Crippen molar-refractivity contribution in [2.75, 3.05) is 39.5 Å². The van der Waals surface area contributed by atoms with Gasteiger partial charge in [0, 0.05) is 32.2 Å². The normalized spacial score (nSPS) is 37.8. The highest BCUT2D eigenvalue weighted by atomic mass is 16.6. The summed E-state index contributed by atoms with van der Waals surface area (Å²) in [5.41, 5.74) is -0.0558. The van der Waals surface area contributed by atoms with Gasteiger partial charge in [-0.05, 0) is 39.2 Å². The van der Waals surface area contributed by atoms with Crippen LogP contribution in [0.2, 0.25) is 0 Å². The molecular weight excluding hydrogens is 270 g/mol. The average molecular weight is 297 g/mol. The number of rotatable bonds is 3. The molecule has 0 aromatic heterocycles. The first-order valence-corrected chi connectivity index (χ1v) is 8.35. The second-order valence-electron chi connectivity index (χ2n) is 6.57. The maximum atomic E-state index is 12.0. The SMILES string of the molecule is CCOC(=O)[C@H]1CCCN(C2CCOC3(CCOC3)C2)C1. The van der Waals surface area contributed by atoms with Crippen LogP contribution in [-0.4, -0.2) is 62.0 Å². The topological polar surface area (TPSA) is 48.0 Å². The van der Waals surface area contributed by atoms with Gasteiger partial charge in [0.15, 0.2) is 0 Å². The van der Waals surface area contributed by atoms with Gasteiger partial charge in [0.1, 0.15) is 0 Å². The fourth-order valence-corrected chi connectivity index (χ4v) is 3.97. The third-order valence-electron chi connectivity index (χ3n) is 5.12. The van der Waals surface area contributed by atoms with Crippen LogP contribution in [0.15, 0.2) is 0 Å². The second-order valence-corrected chi connectivity index (χ2v) is 6.57. The summed E-state index contributed by atoms with van der Waals surface area (Å²) in [6.07, 6.45) is 5.18. The minimum absolute atomic E-state index is 0.0202. The van der Waals surface area contributed by atoms with Gasteiger partial charge in [0.05, 0.1) is 24.7 Å². The van der Waals surface area contributed by atoms with E-state index in [0.717, 1.165) is 65.0 Å². The van der Waals surface area contributed by atoms with E-state index < -0.39 is 0 Å². The Morgan fingerprint density at radius 1 is 1.38 bits per heavy atom. The highest BCUT2D eigenvalue weighted by Crippen LogP contribution is 2.36. The van der Waals surface area contributed by atoms with Crippen LogP contribution in [0.25, 0.3) is 0 Å². The van der Waals surface area contributed by atoms with Gasteiger partial charge in [-0.25, -0.2) is 0 Å². The van der Waals surface area contributed by atoms with Crippen LogP contribution in [0.1, 0.15) is 39.0 Å². The standard InChI is InChI=1S/C16H27NO4/c1-2-20-15(18)13-4-3-7-17(11-13)14-5-8-21-16(10-14)6-9-19-12-16/h13-14H,2-12H2,1H3/t13-,14?,16?/m0/s1. The number of nitrogens with zero attached hydrogens (tertiary/aromatic N) is 1. The molecule has 0 aromatic rings. The number of hydrogen-bond donors (Lipinski definition) is 0. The molecule has 3 atom stereocenters. The first-order chi connectivity index (χ1) is 10.2. The molecule has 5 nitrogen and oxygen atoms in total. The number of likely N-dealkylation sites (tertiary alicyclic amines) is 1. The molecule has 0 bridgehead atoms. The lowest BCUT2D eigenvalue weighted by Gasteiger charge is -2.44. The molecule has 120 valence electrons. The zero-order chi connectivity index (χ0) is 14.7. The number of piperidine rings is 1. The molecule has 0 N–H and O–H groups in total. The molecule has 3 saturated heterocycles. The molecule has 0 aliphatic carbocycles. The average Bonchev–Trinajstić information content (AvgIpc) is 2.95. The van der Waals surface area contributed by atoms with Gasteiger partial charge in [0.25, 0.3) is 0 Å². The van der Waals surface area contributed by atoms with Crippen molar-refractivity contribution in [3.63, 3.8) is 0 Å². The highest BCUT2D eigenvalue weighted by molar-refractivity contribution is 5.72. The van der Waals surface area contributed by atoms with Crippen molar-refractivity contribution in [1.82, 2.24) is 4.90 Å². The molecule has 3 rings (SSSR count). The molecule has 0 saturated carbocycles. The summed E-state index contributed by atoms with van der Waals surface area (Å²) in [5, 5.41) is 0. The van der Waals surface area contributed by atoms with Gasteiger partial charge >= 0.3 is 5.97 Å². The largest absolute Gasteiger partial charge is 0.466 e. The van der Waals surface area contributed by atoms with Gasteiger partial charge in [-0.15, -0.1) is 0 Å². The predicted molar refractivity (Wildman–Crippen MR) is 78.1 cm³/mol. The summed E-state index contributed by atoms with van der Waals surface area (Å²) in [7, 11) is 0. The number of carbonyl (C=O) groups is 1. The lowest BCUT2D eigenvalue weighted by molar-refractivity contribution is -0.151. The van der Waals surface area contributed by atoms with Crippen LogP contribution in [0.5, 0.6) is 0 Å². The molecule has 21 heavy (non-hydrogen) atoms. The van der Waals surface area contributed by atoms with Crippen molar-refractivity contribution >= 4 is 5.97 Å². The Morgan fingerprint density at radius 3 is 3.05 bits per heavy atom. The van der Waals surface area contributed by atoms with Crippen molar-refractivity contribution in [3.8, 4) is 0 Å². The molecule has 3 aliphatic heterocycles. The molecule has 2 unspecified atom stereocenters. The quantitative estimate of drug-likeness (QED) is 0.741. The molecule has 0 amide bonds. The van der Waals surface area contributed by atoms with E-state index in [0.29, 0.717) is 12.6 Å².